The van der Waals surface area contributed by atoms with Crippen molar-refractivity contribution in [3.63, 3.8) is 0 Å². The lowest BCUT2D eigenvalue weighted by Gasteiger charge is -2.33. The van der Waals surface area contributed by atoms with E-state index in [4.69, 9.17) is 0 Å². The Kier molecular flexibility index (Phi) is 8.47. The molecule has 1 fully saturated rings. The van der Waals surface area contributed by atoms with Crippen molar-refractivity contribution in [2.75, 3.05) is 19.6 Å². The number of hydrogen-bond acceptors (Lipinski definition) is 3. The summed E-state index contributed by atoms with van der Waals surface area (Å²) in [5.74, 6) is 0.226. The van der Waals surface area contributed by atoms with Crippen LogP contribution in [0, 0.1) is 5.92 Å². The van der Waals surface area contributed by atoms with Crippen LogP contribution in [-0.4, -0.2) is 36.3 Å². The average Bonchev–Trinajstić information content (AvgIpc) is 2.89. The van der Waals surface area contributed by atoms with Crippen LogP contribution >= 0.6 is 0 Å². The molecule has 0 saturated carbocycles. The van der Waals surface area contributed by atoms with Crippen molar-refractivity contribution in [2.45, 2.75) is 31.8 Å². The number of carbonyl (C=O) groups excluding carboxylic acids is 2. The summed E-state index contributed by atoms with van der Waals surface area (Å²) >= 11 is 0. The summed E-state index contributed by atoms with van der Waals surface area (Å²) in [6.07, 6.45) is 2.48. The number of nitrogens with one attached hydrogen (secondary N) is 2. The van der Waals surface area contributed by atoms with Gasteiger partial charge >= 0.3 is 0 Å². The van der Waals surface area contributed by atoms with Crippen molar-refractivity contribution in [1.29, 1.82) is 0 Å². The lowest BCUT2D eigenvalue weighted by Crippen LogP contribution is -2.41. The second-order valence-corrected chi connectivity index (χ2v) is 9.04. The van der Waals surface area contributed by atoms with Gasteiger partial charge in [-0.25, -0.2) is 0 Å². The minimum atomic E-state index is -0.380. The fraction of sp³-hybridized carbons (Fsp3) is 0.310. The Labute approximate surface area is 202 Å². The highest BCUT2D eigenvalue weighted by molar-refractivity contribution is 5.94. The van der Waals surface area contributed by atoms with Crippen LogP contribution in [0.25, 0.3) is 0 Å². The molecule has 176 valence electrons. The second-order valence-electron chi connectivity index (χ2n) is 9.04. The van der Waals surface area contributed by atoms with Crippen molar-refractivity contribution in [1.82, 2.24) is 15.5 Å². The van der Waals surface area contributed by atoms with E-state index < -0.39 is 0 Å². The summed E-state index contributed by atoms with van der Waals surface area (Å²) < 4.78 is 0. The molecule has 0 bridgehead atoms. The third kappa shape index (κ3) is 7.03. The highest BCUT2D eigenvalue weighted by atomic mass is 16.2. The third-order valence-corrected chi connectivity index (χ3v) is 6.37. The van der Waals surface area contributed by atoms with E-state index in [9.17, 15) is 9.59 Å². The molecule has 5 heteroatoms. The first kappa shape index (κ1) is 23.7. The number of benzene rings is 3. The van der Waals surface area contributed by atoms with Crippen LogP contribution in [0.2, 0.25) is 0 Å². The van der Waals surface area contributed by atoms with Gasteiger partial charge in [0.1, 0.15) is 0 Å². The molecular formula is C29H33N3O2. The normalized spacial score (nSPS) is 17.0. The second kappa shape index (κ2) is 12.1. The standard InChI is InChI=1S/C29H33N3O2/c33-28(30-20-24-13-10-18-32(22-24)21-23-11-4-1-5-12-23)19-27(25-14-6-2-7-15-25)31-29(34)26-16-8-3-9-17-26/h1-9,11-12,14-17,24,27H,10,13,18-22H2,(H,30,33)(H,31,34). The number of rotatable bonds is 9. The van der Waals surface area contributed by atoms with Crippen molar-refractivity contribution < 1.29 is 9.59 Å². The van der Waals surface area contributed by atoms with E-state index in [2.05, 4.69) is 39.8 Å². The number of hydrogen-bond donors (Lipinski definition) is 2. The summed E-state index contributed by atoms with van der Waals surface area (Å²) in [5, 5.41) is 6.18. The van der Waals surface area contributed by atoms with Gasteiger partial charge in [-0.15, -0.1) is 0 Å². The number of nitrogens with zero attached hydrogens (tertiary/aromatic N) is 1. The molecule has 5 nitrogen and oxygen atoms in total. The van der Waals surface area contributed by atoms with Gasteiger partial charge in [-0.1, -0.05) is 78.9 Å². The zero-order valence-electron chi connectivity index (χ0n) is 19.5. The predicted octanol–water partition coefficient (Wildman–Crippen LogP) is 4.58. The molecule has 1 aliphatic rings. The molecule has 2 atom stereocenters. The van der Waals surface area contributed by atoms with E-state index in [1.54, 1.807) is 12.1 Å². The van der Waals surface area contributed by atoms with Crippen LogP contribution in [0.15, 0.2) is 91.0 Å². The maximum absolute atomic E-state index is 12.9. The first-order valence-corrected chi connectivity index (χ1v) is 12.1. The van der Waals surface area contributed by atoms with Gasteiger partial charge in [0.2, 0.25) is 5.91 Å². The molecule has 2 N–H and O–H groups in total. The molecule has 0 radical (unpaired) electrons. The molecule has 2 unspecified atom stereocenters. The molecule has 1 heterocycles. The van der Waals surface area contributed by atoms with Crippen molar-refractivity contribution in [2.24, 2.45) is 5.92 Å². The Hall–Kier alpha value is -3.44. The van der Waals surface area contributed by atoms with E-state index in [0.717, 1.165) is 38.0 Å². The quantitative estimate of drug-likeness (QED) is 0.497. The SMILES string of the molecule is O=C(CC(NC(=O)c1ccccc1)c1ccccc1)NCC1CCCN(Cc2ccccc2)C1. The van der Waals surface area contributed by atoms with E-state index >= 15 is 0 Å². The molecule has 0 aliphatic carbocycles. The topological polar surface area (TPSA) is 61.4 Å². The minimum Gasteiger partial charge on any atom is -0.356 e. The third-order valence-electron chi connectivity index (χ3n) is 6.37. The summed E-state index contributed by atoms with van der Waals surface area (Å²) in [5.41, 5.74) is 2.84. The lowest BCUT2D eigenvalue weighted by atomic mass is 9.97. The molecule has 3 aromatic carbocycles. The largest absolute Gasteiger partial charge is 0.356 e. The first-order chi connectivity index (χ1) is 16.7. The molecular weight excluding hydrogens is 422 g/mol. The van der Waals surface area contributed by atoms with Crippen molar-refractivity contribution in [3.05, 3.63) is 108 Å². The van der Waals surface area contributed by atoms with Crippen LogP contribution < -0.4 is 10.6 Å². The Morgan fingerprint density at radius 2 is 1.53 bits per heavy atom. The Morgan fingerprint density at radius 1 is 0.882 bits per heavy atom. The molecule has 1 saturated heterocycles. The van der Waals surface area contributed by atoms with E-state index in [1.807, 2.05) is 54.6 Å². The molecule has 3 aromatic rings. The van der Waals surface area contributed by atoms with Crippen LogP contribution in [0.3, 0.4) is 0 Å². The molecule has 4 rings (SSSR count). The Bertz CT molecular complexity index is 1040. The van der Waals surface area contributed by atoms with Gasteiger partial charge in [0.05, 0.1) is 12.5 Å². The maximum Gasteiger partial charge on any atom is 0.251 e. The number of piperidine rings is 1. The lowest BCUT2D eigenvalue weighted by molar-refractivity contribution is -0.121. The van der Waals surface area contributed by atoms with Crippen LogP contribution in [0.5, 0.6) is 0 Å². The van der Waals surface area contributed by atoms with E-state index in [0.29, 0.717) is 18.0 Å². The van der Waals surface area contributed by atoms with Crippen molar-refractivity contribution in [3.8, 4) is 0 Å². The van der Waals surface area contributed by atoms with Gasteiger partial charge in [0.25, 0.3) is 5.91 Å². The summed E-state index contributed by atoms with van der Waals surface area (Å²) in [7, 11) is 0. The first-order valence-electron chi connectivity index (χ1n) is 12.1. The van der Waals surface area contributed by atoms with Gasteiger partial charge in [-0.3, -0.25) is 14.5 Å². The monoisotopic (exact) mass is 455 g/mol. The zero-order valence-corrected chi connectivity index (χ0v) is 19.5. The highest BCUT2D eigenvalue weighted by Gasteiger charge is 2.23. The smallest absolute Gasteiger partial charge is 0.251 e. The zero-order chi connectivity index (χ0) is 23.6. The van der Waals surface area contributed by atoms with E-state index in [-0.39, 0.29) is 24.3 Å². The number of carbonyl (C=O) groups is 2. The Balaban J connectivity index is 1.31. The summed E-state index contributed by atoms with van der Waals surface area (Å²) in [6, 6.07) is 29.0. The maximum atomic E-state index is 12.9. The Morgan fingerprint density at radius 3 is 2.24 bits per heavy atom. The predicted molar refractivity (Wildman–Crippen MR) is 135 cm³/mol. The fourth-order valence-electron chi connectivity index (χ4n) is 4.59. The van der Waals surface area contributed by atoms with Gasteiger partial charge in [-0.05, 0) is 48.6 Å². The average molecular weight is 456 g/mol. The van der Waals surface area contributed by atoms with Gasteiger partial charge in [-0.2, -0.15) is 0 Å². The minimum absolute atomic E-state index is 0.0394. The fourth-order valence-corrected chi connectivity index (χ4v) is 4.59. The highest BCUT2D eigenvalue weighted by Crippen LogP contribution is 2.20. The van der Waals surface area contributed by atoms with Gasteiger partial charge in [0, 0.05) is 25.2 Å². The molecule has 2 amide bonds. The van der Waals surface area contributed by atoms with Gasteiger partial charge in [0.15, 0.2) is 0 Å². The van der Waals surface area contributed by atoms with Crippen LogP contribution in [0.4, 0.5) is 0 Å². The molecule has 34 heavy (non-hydrogen) atoms. The summed E-state index contributed by atoms with van der Waals surface area (Å²) in [6.45, 7) is 3.70. The molecule has 0 aromatic heterocycles. The van der Waals surface area contributed by atoms with Gasteiger partial charge < -0.3 is 10.6 Å². The van der Waals surface area contributed by atoms with Crippen molar-refractivity contribution >= 4 is 11.8 Å². The summed E-state index contributed by atoms with van der Waals surface area (Å²) in [4.78, 5) is 28.1. The number of amides is 2. The molecule has 1 aliphatic heterocycles. The van der Waals surface area contributed by atoms with Crippen LogP contribution in [-0.2, 0) is 11.3 Å². The van der Waals surface area contributed by atoms with E-state index in [1.165, 1.54) is 5.56 Å². The number of likely N-dealkylation sites (tertiary alicyclic amines) is 1. The van der Waals surface area contributed by atoms with Crippen LogP contribution in [0.1, 0.15) is 46.8 Å². The molecule has 0 spiro atoms.